The molecule has 5 rings (SSSR count). The molecule has 0 aliphatic carbocycles. The van der Waals surface area contributed by atoms with Gasteiger partial charge in [0.15, 0.2) is 11.6 Å². The maximum atomic E-state index is 4.87. The molecule has 0 aliphatic heterocycles. The molecule has 0 radical (unpaired) electrons. The smallest absolute Gasteiger partial charge is 0.163 e. The van der Waals surface area contributed by atoms with Gasteiger partial charge in [-0.15, -0.1) is 0 Å². The van der Waals surface area contributed by atoms with Crippen LogP contribution in [0.15, 0.2) is 97.1 Å². The van der Waals surface area contributed by atoms with Gasteiger partial charge in [0.1, 0.15) is 5.82 Å². The van der Waals surface area contributed by atoms with Crippen LogP contribution in [0.1, 0.15) is 30.8 Å². The van der Waals surface area contributed by atoms with Crippen LogP contribution < -0.4 is 0 Å². The first kappa shape index (κ1) is 21.0. The average Bonchev–Trinajstić information content (AvgIpc) is 2.84. The molecule has 0 saturated heterocycles. The van der Waals surface area contributed by atoms with Gasteiger partial charge in [0.2, 0.25) is 0 Å². The third-order valence-electron chi connectivity index (χ3n) is 5.75. The van der Waals surface area contributed by atoms with Gasteiger partial charge in [-0.2, -0.15) is 0 Å². The molecular weight excluding hydrogens is 402 g/mol. The van der Waals surface area contributed by atoms with E-state index in [4.69, 9.17) is 15.0 Å². The summed E-state index contributed by atoms with van der Waals surface area (Å²) in [4.78, 5) is 14.5. The zero-order valence-electron chi connectivity index (χ0n) is 19.1. The van der Waals surface area contributed by atoms with Crippen molar-refractivity contribution in [2.24, 2.45) is 5.92 Å². The number of hydrogen-bond acceptors (Lipinski definition) is 3. The Labute approximate surface area is 195 Å². The molecule has 3 nitrogen and oxygen atoms in total. The first-order valence-electron chi connectivity index (χ1n) is 11.5. The van der Waals surface area contributed by atoms with Crippen LogP contribution in [-0.4, -0.2) is 15.0 Å². The Bertz CT molecular complexity index is 1370. The van der Waals surface area contributed by atoms with Crippen LogP contribution >= 0.6 is 0 Å². The van der Waals surface area contributed by atoms with E-state index in [1.165, 1.54) is 21.9 Å². The Balaban J connectivity index is 1.54. The summed E-state index contributed by atoms with van der Waals surface area (Å²) in [6, 6.07) is 33.7. The van der Waals surface area contributed by atoms with Crippen molar-refractivity contribution in [3.8, 4) is 22.8 Å². The molecule has 0 bridgehead atoms. The molecule has 0 amide bonds. The minimum Gasteiger partial charge on any atom is -0.213 e. The molecule has 1 aromatic heterocycles. The van der Waals surface area contributed by atoms with Crippen molar-refractivity contribution in [3.05, 3.63) is 114 Å². The molecule has 0 saturated carbocycles. The highest BCUT2D eigenvalue weighted by Crippen LogP contribution is 2.23. The molecule has 0 spiro atoms. The van der Waals surface area contributed by atoms with Crippen LogP contribution in [0.4, 0.5) is 0 Å². The standard InChI is InChI=1S/C30H27N3/c1-21(2)18-22-12-16-26(17-13-22)30-32-28(31-29(33-30)25-9-4-3-5-10-25)20-23-14-15-24-8-6-7-11-27(24)19-23/h3-17,19,21H,18,20H2,1-2H3. The predicted octanol–water partition coefficient (Wildman–Crippen LogP) is 7.15. The second kappa shape index (κ2) is 9.33. The molecule has 0 aliphatic rings. The van der Waals surface area contributed by atoms with Gasteiger partial charge in [0, 0.05) is 17.5 Å². The molecular formula is C30H27N3. The van der Waals surface area contributed by atoms with Crippen molar-refractivity contribution in [1.82, 2.24) is 15.0 Å². The highest BCUT2D eigenvalue weighted by Gasteiger charge is 2.12. The van der Waals surface area contributed by atoms with E-state index in [0.717, 1.165) is 29.2 Å². The number of aromatic nitrogens is 3. The van der Waals surface area contributed by atoms with Crippen molar-refractivity contribution < 1.29 is 0 Å². The lowest BCUT2D eigenvalue weighted by atomic mass is 10.0. The molecule has 0 N–H and O–H groups in total. The SMILES string of the molecule is CC(C)Cc1ccc(-c2nc(Cc3ccc4ccccc4c3)nc(-c3ccccc3)n2)cc1. The molecule has 3 heteroatoms. The highest BCUT2D eigenvalue weighted by atomic mass is 15.0. The van der Waals surface area contributed by atoms with E-state index < -0.39 is 0 Å². The van der Waals surface area contributed by atoms with Crippen LogP contribution in [0.2, 0.25) is 0 Å². The molecule has 1 heterocycles. The van der Waals surface area contributed by atoms with E-state index >= 15 is 0 Å². The lowest BCUT2D eigenvalue weighted by molar-refractivity contribution is 0.647. The Kier molecular flexibility index (Phi) is 5.95. The lowest BCUT2D eigenvalue weighted by Crippen LogP contribution is -2.04. The second-order valence-corrected chi connectivity index (χ2v) is 8.92. The Morgan fingerprint density at radius 2 is 1.18 bits per heavy atom. The number of hydrogen-bond donors (Lipinski definition) is 0. The van der Waals surface area contributed by atoms with Crippen molar-refractivity contribution in [2.45, 2.75) is 26.7 Å². The van der Waals surface area contributed by atoms with E-state index in [1.807, 2.05) is 30.3 Å². The first-order valence-corrected chi connectivity index (χ1v) is 11.5. The molecule has 0 unspecified atom stereocenters. The molecule has 4 aromatic carbocycles. The van der Waals surface area contributed by atoms with Gasteiger partial charge in [-0.1, -0.05) is 111 Å². The van der Waals surface area contributed by atoms with E-state index in [1.54, 1.807) is 0 Å². The lowest BCUT2D eigenvalue weighted by Gasteiger charge is -2.10. The summed E-state index contributed by atoms with van der Waals surface area (Å²) >= 11 is 0. The number of rotatable bonds is 6. The summed E-state index contributed by atoms with van der Waals surface area (Å²) < 4.78 is 0. The fourth-order valence-corrected chi connectivity index (χ4v) is 4.14. The predicted molar refractivity (Wildman–Crippen MR) is 136 cm³/mol. The maximum Gasteiger partial charge on any atom is 0.163 e. The fraction of sp³-hybridized carbons (Fsp3) is 0.167. The van der Waals surface area contributed by atoms with Crippen molar-refractivity contribution >= 4 is 10.8 Å². The summed E-state index contributed by atoms with van der Waals surface area (Å²) in [5.41, 5.74) is 4.54. The largest absolute Gasteiger partial charge is 0.213 e. The van der Waals surface area contributed by atoms with Gasteiger partial charge in [0.05, 0.1) is 0 Å². The molecule has 0 atom stereocenters. The van der Waals surface area contributed by atoms with Crippen molar-refractivity contribution in [2.75, 3.05) is 0 Å². The Hall–Kier alpha value is -3.85. The summed E-state index contributed by atoms with van der Waals surface area (Å²) in [5.74, 6) is 2.84. The number of fused-ring (bicyclic) bond motifs is 1. The third-order valence-corrected chi connectivity index (χ3v) is 5.75. The summed E-state index contributed by atoms with van der Waals surface area (Å²) in [5, 5.41) is 2.47. The van der Waals surface area contributed by atoms with Gasteiger partial charge in [-0.3, -0.25) is 0 Å². The van der Waals surface area contributed by atoms with E-state index in [0.29, 0.717) is 18.2 Å². The van der Waals surface area contributed by atoms with Crippen LogP contribution in [0.25, 0.3) is 33.5 Å². The van der Waals surface area contributed by atoms with Gasteiger partial charge in [-0.05, 0) is 34.2 Å². The summed E-state index contributed by atoms with van der Waals surface area (Å²) in [6.45, 7) is 4.48. The first-order chi connectivity index (χ1) is 16.1. The minimum atomic E-state index is 0.631. The number of nitrogens with zero attached hydrogens (tertiary/aromatic N) is 3. The second-order valence-electron chi connectivity index (χ2n) is 8.92. The van der Waals surface area contributed by atoms with Crippen LogP contribution in [0.3, 0.4) is 0 Å². The highest BCUT2D eigenvalue weighted by molar-refractivity contribution is 5.83. The molecule has 0 fully saturated rings. The van der Waals surface area contributed by atoms with E-state index in [-0.39, 0.29) is 0 Å². The Morgan fingerprint density at radius 1 is 0.576 bits per heavy atom. The summed E-state index contributed by atoms with van der Waals surface area (Å²) in [7, 11) is 0. The van der Waals surface area contributed by atoms with E-state index in [2.05, 4.69) is 80.6 Å². The number of benzene rings is 4. The van der Waals surface area contributed by atoms with Crippen LogP contribution in [-0.2, 0) is 12.8 Å². The molecule has 5 aromatic rings. The molecule has 162 valence electrons. The maximum absolute atomic E-state index is 4.87. The average molecular weight is 430 g/mol. The van der Waals surface area contributed by atoms with Gasteiger partial charge >= 0.3 is 0 Å². The van der Waals surface area contributed by atoms with Crippen molar-refractivity contribution in [1.29, 1.82) is 0 Å². The quantitative estimate of drug-likeness (QED) is 0.288. The van der Waals surface area contributed by atoms with Gasteiger partial charge in [0.25, 0.3) is 0 Å². The molecule has 33 heavy (non-hydrogen) atoms. The topological polar surface area (TPSA) is 38.7 Å². The normalized spacial score (nSPS) is 11.2. The zero-order chi connectivity index (χ0) is 22.6. The Morgan fingerprint density at radius 3 is 1.88 bits per heavy atom. The monoisotopic (exact) mass is 429 g/mol. The fourth-order valence-electron chi connectivity index (χ4n) is 4.14. The van der Waals surface area contributed by atoms with E-state index in [9.17, 15) is 0 Å². The summed E-state index contributed by atoms with van der Waals surface area (Å²) in [6.07, 6.45) is 1.73. The van der Waals surface area contributed by atoms with Gasteiger partial charge in [-0.25, -0.2) is 15.0 Å². The minimum absolute atomic E-state index is 0.631. The van der Waals surface area contributed by atoms with Crippen LogP contribution in [0.5, 0.6) is 0 Å². The van der Waals surface area contributed by atoms with Crippen molar-refractivity contribution in [3.63, 3.8) is 0 Å². The third kappa shape index (κ3) is 4.98. The van der Waals surface area contributed by atoms with Crippen LogP contribution in [0, 0.1) is 5.92 Å². The van der Waals surface area contributed by atoms with Gasteiger partial charge < -0.3 is 0 Å². The zero-order valence-corrected chi connectivity index (χ0v) is 19.1.